The van der Waals surface area contributed by atoms with Crippen molar-refractivity contribution in [3.8, 4) is 17.3 Å². The van der Waals surface area contributed by atoms with E-state index in [4.69, 9.17) is 9.15 Å². The fourth-order valence-corrected chi connectivity index (χ4v) is 3.37. The second kappa shape index (κ2) is 7.19. The molecule has 27 heavy (non-hydrogen) atoms. The highest BCUT2D eigenvalue weighted by Gasteiger charge is 2.21. The van der Waals surface area contributed by atoms with E-state index in [0.717, 1.165) is 5.69 Å². The zero-order valence-corrected chi connectivity index (χ0v) is 15.6. The van der Waals surface area contributed by atoms with Crippen LogP contribution < -0.4 is 10.1 Å². The number of carbonyl (C=O) groups is 1. The molecule has 0 saturated carbocycles. The second-order valence-electron chi connectivity index (χ2n) is 5.69. The molecule has 2 aromatic heterocycles. The van der Waals surface area contributed by atoms with Gasteiger partial charge in [-0.1, -0.05) is 5.10 Å². The molecule has 1 N–H and O–H groups in total. The topological polar surface area (TPSA) is 129 Å². The Hall–Kier alpha value is -3.21. The Bertz CT molecular complexity index is 1050. The van der Waals surface area contributed by atoms with Gasteiger partial charge >= 0.3 is 6.01 Å². The number of methoxy groups -OCH3 is 1. The number of nitrogens with one attached hydrogen (secondary N) is 1. The molecule has 0 unspecified atom stereocenters. The maximum absolute atomic E-state index is 12.3. The summed E-state index contributed by atoms with van der Waals surface area (Å²) in [4.78, 5) is 12.1. The maximum atomic E-state index is 12.3. The van der Waals surface area contributed by atoms with Gasteiger partial charge in [-0.3, -0.25) is 14.8 Å². The van der Waals surface area contributed by atoms with Crippen molar-refractivity contribution in [3.63, 3.8) is 0 Å². The van der Waals surface area contributed by atoms with Crippen molar-refractivity contribution in [2.45, 2.75) is 11.8 Å². The van der Waals surface area contributed by atoms with E-state index >= 15 is 0 Å². The number of sulfone groups is 1. The fourth-order valence-electron chi connectivity index (χ4n) is 2.24. The highest BCUT2D eigenvalue weighted by atomic mass is 32.2. The first-order chi connectivity index (χ1) is 12.8. The van der Waals surface area contributed by atoms with Crippen LogP contribution in [0.4, 0.5) is 6.01 Å². The summed E-state index contributed by atoms with van der Waals surface area (Å²) in [5.41, 5.74) is 1.34. The Labute approximate surface area is 155 Å². The van der Waals surface area contributed by atoms with Crippen LogP contribution in [0.2, 0.25) is 0 Å². The van der Waals surface area contributed by atoms with E-state index in [-0.39, 0.29) is 16.8 Å². The molecular formula is C16H17N5O5S. The van der Waals surface area contributed by atoms with Gasteiger partial charge in [0.1, 0.15) is 17.2 Å². The van der Waals surface area contributed by atoms with Crippen LogP contribution in [0.5, 0.6) is 5.75 Å². The maximum Gasteiger partial charge on any atom is 0.322 e. The Morgan fingerprint density at radius 3 is 2.56 bits per heavy atom. The Morgan fingerprint density at radius 1 is 1.26 bits per heavy atom. The summed E-state index contributed by atoms with van der Waals surface area (Å²) < 4.78 is 36.6. The van der Waals surface area contributed by atoms with Gasteiger partial charge in [-0.05, 0) is 37.3 Å². The van der Waals surface area contributed by atoms with E-state index in [0.29, 0.717) is 11.4 Å². The summed E-state index contributed by atoms with van der Waals surface area (Å²) >= 11 is 0. The average molecular weight is 391 g/mol. The average Bonchev–Trinajstić information content (AvgIpc) is 3.21. The zero-order valence-electron chi connectivity index (χ0n) is 14.8. The Balaban J connectivity index is 1.68. The molecule has 0 bridgehead atoms. The normalized spacial score (nSPS) is 11.4. The molecule has 3 rings (SSSR count). The molecule has 1 amide bonds. The van der Waals surface area contributed by atoms with Gasteiger partial charge in [0.2, 0.25) is 5.91 Å². The summed E-state index contributed by atoms with van der Waals surface area (Å²) in [5, 5.41) is 14.0. The molecule has 0 saturated heterocycles. The van der Waals surface area contributed by atoms with Crippen molar-refractivity contribution in [2.75, 3.05) is 18.2 Å². The van der Waals surface area contributed by atoms with Crippen LogP contribution in [0, 0.1) is 6.92 Å². The quantitative estimate of drug-likeness (QED) is 0.663. The van der Waals surface area contributed by atoms with Crippen LogP contribution in [-0.2, 0) is 21.7 Å². The third-order valence-electron chi connectivity index (χ3n) is 3.74. The van der Waals surface area contributed by atoms with Crippen LogP contribution in [-0.4, -0.2) is 47.2 Å². The molecule has 0 spiro atoms. The minimum absolute atomic E-state index is 0.00799. The molecule has 2 heterocycles. The largest absolute Gasteiger partial charge is 0.497 e. The highest BCUT2D eigenvalue weighted by Crippen LogP contribution is 2.20. The number of aryl methyl sites for hydroxylation is 2. The van der Waals surface area contributed by atoms with Gasteiger partial charge in [0.15, 0.2) is 9.84 Å². The number of rotatable bonds is 6. The lowest BCUT2D eigenvalue weighted by Gasteiger charge is -2.05. The second-order valence-corrected chi connectivity index (χ2v) is 7.68. The van der Waals surface area contributed by atoms with Crippen molar-refractivity contribution in [1.29, 1.82) is 0 Å². The molecule has 0 atom stereocenters. The Morgan fingerprint density at radius 2 is 1.96 bits per heavy atom. The molecule has 3 aromatic rings. The summed E-state index contributed by atoms with van der Waals surface area (Å²) in [6.07, 6.45) is 0. The lowest BCUT2D eigenvalue weighted by molar-refractivity contribution is -0.114. The number of hydrogen-bond donors (Lipinski definition) is 1. The highest BCUT2D eigenvalue weighted by molar-refractivity contribution is 7.92. The number of carbonyl (C=O) groups excluding carboxylic acids is 1. The first kappa shape index (κ1) is 18.6. The molecule has 0 aliphatic carbocycles. The molecule has 0 aliphatic rings. The minimum Gasteiger partial charge on any atom is -0.497 e. The molecule has 0 aliphatic heterocycles. The molecule has 11 heteroatoms. The number of hydrogen-bond acceptors (Lipinski definition) is 8. The SMILES string of the molecule is COc1ccc(S(=O)(=O)CC(=O)Nc2nnc(-c3cc(C)n(C)n3)o2)cc1. The van der Waals surface area contributed by atoms with Gasteiger partial charge < -0.3 is 9.15 Å². The molecular weight excluding hydrogens is 374 g/mol. The fraction of sp³-hybridized carbons (Fsp3) is 0.250. The lowest BCUT2D eigenvalue weighted by atomic mass is 10.3. The van der Waals surface area contributed by atoms with E-state index in [1.165, 1.54) is 31.4 Å². The molecule has 10 nitrogen and oxygen atoms in total. The molecule has 142 valence electrons. The van der Waals surface area contributed by atoms with Gasteiger partial charge in [-0.2, -0.15) is 5.10 Å². The van der Waals surface area contributed by atoms with Crippen molar-refractivity contribution in [2.24, 2.45) is 7.05 Å². The van der Waals surface area contributed by atoms with Crippen molar-refractivity contribution >= 4 is 21.8 Å². The predicted molar refractivity (Wildman–Crippen MR) is 94.9 cm³/mol. The van der Waals surface area contributed by atoms with E-state index in [2.05, 4.69) is 20.6 Å². The number of aromatic nitrogens is 4. The first-order valence-corrected chi connectivity index (χ1v) is 9.45. The van der Waals surface area contributed by atoms with Crippen LogP contribution in [0.1, 0.15) is 5.69 Å². The summed E-state index contributed by atoms with van der Waals surface area (Å²) in [6.45, 7) is 1.86. The predicted octanol–water partition coefficient (Wildman–Crippen LogP) is 1.20. The van der Waals surface area contributed by atoms with E-state index in [1.807, 2.05) is 6.92 Å². The Kier molecular flexibility index (Phi) is 4.95. The third kappa shape index (κ3) is 4.14. The van der Waals surface area contributed by atoms with Crippen LogP contribution in [0.15, 0.2) is 39.6 Å². The van der Waals surface area contributed by atoms with Gasteiger partial charge in [0, 0.05) is 12.7 Å². The number of amides is 1. The number of anilines is 1. The van der Waals surface area contributed by atoms with Crippen molar-refractivity contribution in [3.05, 3.63) is 36.0 Å². The first-order valence-electron chi connectivity index (χ1n) is 7.79. The van der Waals surface area contributed by atoms with Gasteiger partial charge in [-0.15, -0.1) is 5.10 Å². The van der Waals surface area contributed by atoms with Crippen LogP contribution >= 0.6 is 0 Å². The monoisotopic (exact) mass is 391 g/mol. The van der Waals surface area contributed by atoms with Crippen LogP contribution in [0.3, 0.4) is 0 Å². The van der Waals surface area contributed by atoms with Gasteiger partial charge in [-0.25, -0.2) is 8.42 Å². The summed E-state index contributed by atoms with van der Waals surface area (Å²) in [7, 11) is -0.585. The van der Waals surface area contributed by atoms with Gasteiger partial charge in [0.25, 0.3) is 5.89 Å². The van der Waals surface area contributed by atoms with Crippen molar-refractivity contribution < 1.29 is 22.4 Å². The third-order valence-corrected chi connectivity index (χ3v) is 5.38. The van der Waals surface area contributed by atoms with E-state index in [1.54, 1.807) is 17.8 Å². The lowest BCUT2D eigenvalue weighted by Crippen LogP contribution is -2.23. The van der Waals surface area contributed by atoms with E-state index in [9.17, 15) is 13.2 Å². The summed E-state index contributed by atoms with van der Waals surface area (Å²) in [6, 6.07) is 7.29. The number of benzene rings is 1. The van der Waals surface area contributed by atoms with Crippen LogP contribution in [0.25, 0.3) is 11.6 Å². The van der Waals surface area contributed by atoms with Crippen molar-refractivity contribution in [1.82, 2.24) is 20.0 Å². The summed E-state index contributed by atoms with van der Waals surface area (Å²) in [5.74, 6) is -0.925. The molecule has 1 aromatic carbocycles. The van der Waals surface area contributed by atoms with E-state index < -0.39 is 21.5 Å². The van der Waals surface area contributed by atoms with Gasteiger partial charge in [0.05, 0.1) is 12.0 Å². The molecule has 0 fully saturated rings. The number of ether oxygens (including phenoxy) is 1. The standard InChI is InChI=1S/C16H17N5O5S/c1-10-8-13(20-21(10)2)15-18-19-16(26-15)17-14(22)9-27(23,24)12-6-4-11(25-3)5-7-12/h4-8H,9H2,1-3H3,(H,17,19,22). The smallest absolute Gasteiger partial charge is 0.322 e. The number of nitrogens with zero attached hydrogens (tertiary/aromatic N) is 4. The minimum atomic E-state index is -3.83. The zero-order chi connectivity index (χ0) is 19.6. The molecule has 0 radical (unpaired) electrons.